The topological polar surface area (TPSA) is 37.8 Å². The average Bonchev–Trinajstić information content (AvgIpc) is 2.42. The largest absolute Gasteiger partial charge is 0.311 e. The summed E-state index contributed by atoms with van der Waals surface area (Å²) in [5, 5.41) is 3.19. The molecule has 3 nitrogen and oxygen atoms in total. The Morgan fingerprint density at radius 3 is 2.74 bits per heavy atom. The van der Waals surface area contributed by atoms with Crippen LogP contribution in [0.1, 0.15) is 23.0 Å². The van der Waals surface area contributed by atoms with Crippen LogP contribution in [0, 0.1) is 12.7 Å². The molecule has 1 heterocycles. The third-order valence-corrected chi connectivity index (χ3v) is 3.85. The Hall–Kier alpha value is -1.33. The number of aromatic nitrogens is 2. The van der Waals surface area contributed by atoms with Crippen molar-refractivity contribution in [2.24, 2.45) is 0 Å². The Morgan fingerprint density at radius 1 is 1.32 bits per heavy atom. The lowest BCUT2D eigenvalue weighted by Crippen LogP contribution is -2.20. The summed E-state index contributed by atoms with van der Waals surface area (Å²) in [7, 11) is 1.86. The van der Waals surface area contributed by atoms with Crippen molar-refractivity contribution in [2.45, 2.75) is 19.4 Å². The first-order valence-electron chi connectivity index (χ1n) is 6.00. The van der Waals surface area contributed by atoms with Crippen molar-refractivity contribution in [1.82, 2.24) is 15.3 Å². The maximum Gasteiger partial charge on any atom is 0.137 e. The van der Waals surface area contributed by atoms with Gasteiger partial charge in [-0.05, 0) is 48.0 Å². The van der Waals surface area contributed by atoms with Crippen LogP contribution >= 0.6 is 15.9 Å². The molecule has 0 saturated heterocycles. The molecule has 0 bridgehead atoms. The highest BCUT2D eigenvalue weighted by atomic mass is 79.9. The summed E-state index contributed by atoms with van der Waals surface area (Å²) in [4.78, 5) is 8.60. The molecule has 1 atom stereocenters. The maximum absolute atomic E-state index is 13.5. The van der Waals surface area contributed by atoms with Gasteiger partial charge in [-0.25, -0.2) is 4.39 Å². The molecule has 0 radical (unpaired) electrons. The fourth-order valence-electron chi connectivity index (χ4n) is 1.86. The van der Waals surface area contributed by atoms with Crippen molar-refractivity contribution < 1.29 is 4.39 Å². The Balaban J connectivity index is 2.24. The molecule has 100 valence electrons. The zero-order chi connectivity index (χ0) is 13.8. The van der Waals surface area contributed by atoms with E-state index in [0.29, 0.717) is 10.9 Å². The number of nitrogens with zero attached hydrogens (tertiary/aromatic N) is 2. The molecule has 2 aromatic rings. The van der Waals surface area contributed by atoms with E-state index < -0.39 is 0 Å². The van der Waals surface area contributed by atoms with Crippen LogP contribution in [0.25, 0.3) is 0 Å². The first kappa shape index (κ1) is 14.1. The second-order valence-corrected chi connectivity index (χ2v) is 5.13. The average molecular weight is 324 g/mol. The predicted molar refractivity (Wildman–Crippen MR) is 76.4 cm³/mol. The van der Waals surface area contributed by atoms with Crippen molar-refractivity contribution in [2.75, 3.05) is 7.05 Å². The highest BCUT2D eigenvalue weighted by Gasteiger charge is 2.15. The van der Waals surface area contributed by atoms with Gasteiger partial charge in [0.15, 0.2) is 0 Å². The van der Waals surface area contributed by atoms with Gasteiger partial charge < -0.3 is 5.32 Å². The molecule has 0 spiro atoms. The van der Waals surface area contributed by atoms with Crippen LogP contribution in [0.4, 0.5) is 4.39 Å². The minimum atomic E-state index is -0.248. The van der Waals surface area contributed by atoms with Crippen LogP contribution in [0.2, 0.25) is 0 Å². The highest BCUT2D eigenvalue weighted by molar-refractivity contribution is 9.10. The fraction of sp³-hybridized carbons (Fsp3) is 0.286. The van der Waals surface area contributed by atoms with E-state index >= 15 is 0 Å². The zero-order valence-corrected chi connectivity index (χ0v) is 12.4. The number of halogens is 2. The van der Waals surface area contributed by atoms with Crippen LogP contribution in [-0.4, -0.2) is 17.0 Å². The smallest absolute Gasteiger partial charge is 0.137 e. The lowest BCUT2D eigenvalue weighted by molar-refractivity contribution is 0.564. The molecule has 0 saturated carbocycles. The quantitative estimate of drug-likeness (QED) is 0.939. The second kappa shape index (κ2) is 6.21. The van der Waals surface area contributed by atoms with Gasteiger partial charge in [-0.3, -0.25) is 9.97 Å². The molecule has 0 aliphatic heterocycles. The van der Waals surface area contributed by atoms with Gasteiger partial charge in [0.1, 0.15) is 5.82 Å². The lowest BCUT2D eigenvalue weighted by atomic mass is 10.0. The number of hydrogen-bond acceptors (Lipinski definition) is 3. The molecule has 2 rings (SSSR count). The van der Waals surface area contributed by atoms with Crippen LogP contribution in [0.15, 0.2) is 35.1 Å². The summed E-state index contributed by atoms with van der Waals surface area (Å²) in [6, 6.07) is 5.06. The first-order valence-corrected chi connectivity index (χ1v) is 6.80. The SMILES string of the molecule is CNC(Cc1cccc(F)c1Br)c1cnc(C)cn1. The van der Waals surface area contributed by atoms with Gasteiger partial charge in [0.05, 0.1) is 28.1 Å². The van der Waals surface area contributed by atoms with Gasteiger partial charge in [0.2, 0.25) is 0 Å². The molecule has 19 heavy (non-hydrogen) atoms. The van der Waals surface area contributed by atoms with Crippen LogP contribution in [0.5, 0.6) is 0 Å². The van der Waals surface area contributed by atoms with Crippen LogP contribution in [-0.2, 0) is 6.42 Å². The summed E-state index contributed by atoms with van der Waals surface area (Å²) in [6.45, 7) is 1.90. The van der Waals surface area contributed by atoms with Gasteiger partial charge in [-0.1, -0.05) is 12.1 Å². The van der Waals surface area contributed by atoms with Crippen LogP contribution < -0.4 is 5.32 Å². The van der Waals surface area contributed by atoms with E-state index in [0.717, 1.165) is 17.0 Å². The van der Waals surface area contributed by atoms with E-state index in [-0.39, 0.29) is 11.9 Å². The highest BCUT2D eigenvalue weighted by Crippen LogP contribution is 2.25. The molecule has 0 fully saturated rings. The molecule has 1 N–H and O–H groups in total. The molecule has 1 aromatic heterocycles. The van der Waals surface area contributed by atoms with Gasteiger partial charge in [-0.15, -0.1) is 0 Å². The molecule has 5 heteroatoms. The van der Waals surface area contributed by atoms with Crippen LogP contribution in [0.3, 0.4) is 0 Å². The van der Waals surface area contributed by atoms with E-state index in [1.54, 1.807) is 18.5 Å². The van der Waals surface area contributed by atoms with Gasteiger partial charge in [0, 0.05) is 6.20 Å². The summed E-state index contributed by atoms with van der Waals surface area (Å²) < 4.78 is 14.0. The minimum Gasteiger partial charge on any atom is -0.311 e. The predicted octanol–water partition coefficient (Wildman–Crippen LogP) is 3.19. The molecular weight excluding hydrogens is 309 g/mol. The van der Waals surface area contributed by atoms with E-state index in [4.69, 9.17) is 0 Å². The number of nitrogens with one attached hydrogen (secondary N) is 1. The Labute approximate surface area is 120 Å². The number of likely N-dealkylation sites (N-methyl/N-ethyl adjacent to an activating group) is 1. The summed E-state index contributed by atoms with van der Waals surface area (Å²) >= 11 is 3.28. The maximum atomic E-state index is 13.5. The van der Waals surface area contributed by atoms with Crippen molar-refractivity contribution >= 4 is 15.9 Å². The molecular formula is C14H15BrFN3. The Morgan fingerprint density at radius 2 is 2.11 bits per heavy atom. The molecule has 0 aliphatic carbocycles. The molecule has 0 amide bonds. The number of aryl methyl sites for hydroxylation is 1. The molecule has 0 aliphatic rings. The van der Waals surface area contributed by atoms with E-state index in [1.807, 2.05) is 20.0 Å². The fourth-order valence-corrected chi connectivity index (χ4v) is 2.29. The minimum absolute atomic E-state index is 0.00574. The van der Waals surface area contributed by atoms with Gasteiger partial charge in [0.25, 0.3) is 0 Å². The first-order chi connectivity index (χ1) is 9.11. The monoisotopic (exact) mass is 323 g/mol. The Kier molecular flexibility index (Phi) is 4.61. The Bertz CT molecular complexity index is 557. The van der Waals surface area contributed by atoms with E-state index in [2.05, 4.69) is 31.2 Å². The summed E-state index contributed by atoms with van der Waals surface area (Å²) in [6.07, 6.45) is 4.14. The lowest BCUT2D eigenvalue weighted by Gasteiger charge is -2.16. The second-order valence-electron chi connectivity index (χ2n) is 4.34. The van der Waals surface area contributed by atoms with E-state index in [1.165, 1.54) is 6.07 Å². The van der Waals surface area contributed by atoms with Crippen molar-refractivity contribution in [3.05, 3.63) is 57.8 Å². The number of hydrogen-bond donors (Lipinski definition) is 1. The van der Waals surface area contributed by atoms with E-state index in [9.17, 15) is 4.39 Å². The zero-order valence-electron chi connectivity index (χ0n) is 10.8. The van der Waals surface area contributed by atoms with Gasteiger partial charge in [-0.2, -0.15) is 0 Å². The molecule has 1 unspecified atom stereocenters. The third kappa shape index (κ3) is 3.36. The summed E-state index contributed by atoms with van der Waals surface area (Å²) in [5.74, 6) is -0.248. The van der Waals surface area contributed by atoms with Crippen molar-refractivity contribution in [3.63, 3.8) is 0 Å². The standard InChI is InChI=1S/C14H15BrFN3/c1-9-7-19-13(8-18-9)12(17-2)6-10-4-3-5-11(16)14(10)15/h3-5,7-8,12,17H,6H2,1-2H3. The van der Waals surface area contributed by atoms with Crippen molar-refractivity contribution in [3.8, 4) is 0 Å². The van der Waals surface area contributed by atoms with Crippen molar-refractivity contribution in [1.29, 1.82) is 0 Å². The third-order valence-electron chi connectivity index (χ3n) is 2.96. The number of rotatable bonds is 4. The number of benzene rings is 1. The van der Waals surface area contributed by atoms with Gasteiger partial charge >= 0.3 is 0 Å². The normalized spacial score (nSPS) is 12.4. The summed E-state index contributed by atoms with van der Waals surface area (Å²) in [5.41, 5.74) is 2.64. The molecule has 1 aromatic carbocycles.